The number of halogens is 1. The number of benzene rings is 2. The summed E-state index contributed by atoms with van der Waals surface area (Å²) in [4.78, 5) is 28.4. The Hall–Kier alpha value is -3.15. The monoisotopic (exact) mass is 491 g/mol. The first kappa shape index (κ1) is 24.5. The number of aromatic nitrogens is 1. The molecule has 1 heterocycles. The molecule has 1 aromatic heterocycles. The number of rotatable bonds is 9. The summed E-state index contributed by atoms with van der Waals surface area (Å²) in [6.07, 6.45) is 0.0745. The molecular formula is C22H22FN3O5S2. The fourth-order valence-electron chi connectivity index (χ4n) is 2.73. The van der Waals surface area contributed by atoms with Crippen molar-refractivity contribution in [3.8, 4) is 0 Å². The Balaban J connectivity index is 1.48. The Kier molecular flexibility index (Phi) is 7.90. The standard InChI is InChI=1S/C22H22FN3O5S2/c1-15-3-7-17(8-4-15)24-20(27)11-21-25-18(14-32-21)13-31-22(28)12-26(2)33(29,30)19-9-5-16(23)6-10-19/h3-10,14H,11-13H2,1-2H3,(H,24,27). The first-order chi connectivity index (χ1) is 15.6. The number of esters is 1. The van der Waals surface area contributed by atoms with Crippen LogP contribution in [0.15, 0.2) is 58.8 Å². The number of nitrogens with one attached hydrogen (secondary N) is 1. The normalized spacial score (nSPS) is 11.4. The van der Waals surface area contributed by atoms with Crippen LogP contribution >= 0.6 is 11.3 Å². The molecule has 1 amide bonds. The van der Waals surface area contributed by atoms with Gasteiger partial charge in [0.05, 0.1) is 17.0 Å². The minimum Gasteiger partial charge on any atom is -0.458 e. The lowest BCUT2D eigenvalue weighted by Gasteiger charge is -2.16. The van der Waals surface area contributed by atoms with Crippen LogP contribution in [0.1, 0.15) is 16.3 Å². The largest absolute Gasteiger partial charge is 0.458 e. The lowest BCUT2D eigenvalue weighted by atomic mass is 10.2. The molecule has 2 aromatic carbocycles. The van der Waals surface area contributed by atoms with E-state index in [1.165, 1.54) is 18.4 Å². The second-order valence-electron chi connectivity index (χ2n) is 7.20. The average molecular weight is 492 g/mol. The zero-order chi connectivity index (χ0) is 24.0. The van der Waals surface area contributed by atoms with Crippen LogP contribution in [-0.4, -0.2) is 43.2 Å². The number of amides is 1. The van der Waals surface area contributed by atoms with Gasteiger partial charge in [0, 0.05) is 18.1 Å². The van der Waals surface area contributed by atoms with Crippen molar-refractivity contribution in [1.82, 2.24) is 9.29 Å². The molecule has 0 bridgehead atoms. The smallest absolute Gasteiger partial charge is 0.321 e. The van der Waals surface area contributed by atoms with Crippen LogP contribution in [0.25, 0.3) is 0 Å². The van der Waals surface area contributed by atoms with Crippen LogP contribution in [0.3, 0.4) is 0 Å². The van der Waals surface area contributed by atoms with Crippen molar-refractivity contribution in [3.63, 3.8) is 0 Å². The van der Waals surface area contributed by atoms with Gasteiger partial charge in [0.15, 0.2) is 0 Å². The molecule has 0 atom stereocenters. The van der Waals surface area contributed by atoms with Crippen LogP contribution in [0.4, 0.5) is 10.1 Å². The van der Waals surface area contributed by atoms with Gasteiger partial charge in [-0.2, -0.15) is 4.31 Å². The summed E-state index contributed by atoms with van der Waals surface area (Å²) in [5.41, 5.74) is 2.23. The van der Waals surface area contributed by atoms with Crippen LogP contribution < -0.4 is 5.32 Å². The number of nitrogens with zero attached hydrogens (tertiary/aromatic N) is 2. The highest BCUT2D eigenvalue weighted by Crippen LogP contribution is 2.16. The first-order valence-electron chi connectivity index (χ1n) is 9.81. The molecule has 0 saturated heterocycles. The molecule has 0 aliphatic heterocycles. The van der Waals surface area contributed by atoms with Crippen molar-refractivity contribution < 1.29 is 27.1 Å². The van der Waals surface area contributed by atoms with E-state index in [0.717, 1.165) is 34.1 Å². The van der Waals surface area contributed by atoms with E-state index in [4.69, 9.17) is 4.74 Å². The molecule has 1 N–H and O–H groups in total. The van der Waals surface area contributed by atoms with Crippen molar-refractivity contribution >= 4 is 38.9 Å². The van der Waals surface area contributed by atoms with E-state index in [1.54, 1.807) is 5.38 Å². The Morgan fingerprint density at radius 1 is 1.12 bits per heavy atom. The van der Waals surface area contributed by atoms with Gasteiger partial charge in [-0.3, -0.25) is 9.59 Å². The van der Waals surface area contributed by atoms with Gasteiger partial charge >= 0.3 is 5.97 Å². The maximum Gasteiger partial charge on any atom is 0.321 e. The van der Waals surface area contributed by atoms with Gasteiger partial charge < -0.3 is 10.1 Å². The number of aryl methyl sites for hydroxylation is 1. The number of anilines is 1. The van der Waals surface area contributed by atoms with Crippen molar-refractivity contribution in [2.75, 3.05) is 18.9 Å². The van der Waals surface area contributed by atoms with E-state index >= 15 is 0 Å². The van der Waals surface area contributed by atoms with Gasteiger partial charge in [-0.15, -0.1) is 11.3 Å². The molecule has 0 aliphatic carbocycles. The van der Waals surface area contributed by atoms with E-state index in [2.05, 4.69) is 10.3 Å². The van der Waals surface area contributed by atoms with Crippen LogP contribution in [-0.2, 0) is 37.4 Å². The summed E-state index contributed by atoms with van der Waals surface area (Å²) < 4.78 is 43.9. The number of sulfonamides is 1. The van der Waals surface area contributed by atoms with Gasteiger partial charge in [-0.05, 0) is 43.3 Å². The number of carbonyl (C=O) groups excluding carboxylic acids is 2. The maximum atomic E-state index is 13.0. The second-order valence-corrected chi connectivity index (χ2v) is 10.2. The predicted octanol–water partition coefficient (Wildman–Crippen LogP) is 3.14. The second kappa shape index (κ2) is 10.6. The summed E-state index contributed by atoms with van der Waals surface area (Å²) >= 11 is 1.26. The SMILES string of the molecule is Cc1ccc(NC(=O)Cc2nc(COC(=O)CN(C)S(=O)(=O)c3ccc(F)cc3)cs2)cc1. The Morgan fingerprint density at radius 2 is 1.79 bits per heavy atom. The van der Waals surface area contributed by atoms with Crippen molar-refractivity contribution in [3.05, 3.63) is 76.0 Å². The van der Waals surface area contributed by atoms with E-state index in [-0.39, 0.29) is 23.8 Å². The fraction of sp³-hybridized carbons (Fsp3) is 0.227. The third-order valence-electron chi connectivity index (χ3n) is 4.50. The molecule has 11 heteroatoms. The maximum absolute atomic E-state index is 13.0. The molecule has 0 radical (unpaired) electrons. The average Bonchev–Trinajstić information content (AvgIpc) is 3.21. The fourth-order valence-corrected chi connectivity index (χ4v) is 4.62. The molecule has 0 unspecified atom stereocenters. The number of thiazole rings is 1. The van der Waals surface area contributed by atoms with Crippen molar-refractivity contribution in [2.45, 2.75) is 24.8 Å². The number of likely N-dealkylation sites (N-methyl/N-ethyl adjacent to an activating group) is 1. The van der Waals surface area contributed by atoms with E-state index in [0.29, 0.717) is 16.4 Å². The Labute approximate surface area is 195 Å². The summed E-state index contributed by atoms with van der Waals surface area (Å²) in [7, 11) is -2.73. The topological polar surface area (TPSA) is 106 Å². The molecule has 0 spiro atoms. The van der Waals surface area contributed by atoms with Crippen LogP contribution in [0, 0.1) is 12.7 Å². The first-order valence-corrected chi connectivity index (χ1v) is 12.1. The summed E-state index contributed by atoms with van der Waals surface area (Å²) in [5, 5.41) is 5.01. The quantitative estimate of drug-likeness (QED) is 0.461. The zero-order valence-electron chi connectivity index (χ0n) is 17.9. The molecule has 3 aromatic rings. The molecule has 0 saturated carbocycles. The minimum absolute atomic E-state index is 0.0745. The van der Waals surface area contributed by atoms with Crippen LogP contribution in [0.2, 0.25) is 0 Å². The van der Waals surface area contributed by atoms with Crippen LogP contribution in [0.5, 0.6) is 0 Å². The third-order valence-corrected chi connectivity index (χ3v) is 7.22. The van der Waals surface area contributed by atoms with Gasteiger partial charge in [0.2, 0.25) is 15.9 Å². The highest BCUT2D eigenvalue weighted by Gasteiger charge is 2.23. The third kappa shape index (κ3) is 6.91. The molecule has 33 heavy (non-hydrogen) atoms. The number of hydrogen-bond acceptors (Lipinski definition) is 7. The van der Waals surface area contributed by atoms with Crippen molar-refractivity contribution in [2.24, 2.45) is 0 Å². The molecular weight excluding hydrogens is 469 g/mol. The summed E-state index contributed by atoms with van der Waals surface area (Å²) in [6, 6.07) is 11.7. The molecule has 0 aliphatic rings. The lowest BCUT2D eigenvalue weighted by molar-refractivity contribution is -0.145. The summed E-state index contributed by atoms with van der Waals surface area (Å²) in [5.74, 6) is -1.55. The predicted molar refractivity (Wildman–Crippen MR) is 122 cm³/mol. The van der Waals surface area contributed by atoms with E-state index < -0.39 is 28.4 Å². The van der Waals surface area contributed by atoms with Gasteiger partial charge in [-0.1, -0.05) is 17.7 Å². The van der Waals surface area contributed by atoms with Gasteiger partial charge in [-0.25, -0.2) is 17.8 Å². The number of carbonyl (C=O) groups is 2. The van der Waals surface area contributed by atoms with E-state index in [1.807, 2.05) is 31.2 Å². The number of ether oxygens (including phenoxy) is 1. The number of hydrogen-bond donors (Lipinski definition) is 1. The highest BCUT2D eigenvalue weighted by atomic mass is 32.2. The van der Waals surface area contributed by atoms with Crippen molar-refractivity contribution in [1.29, 1.82) is 0 Å². The zero-order valence-corrected chi connectivity index (χ0v) is 19.6. The minimum atomic E-state index is -3.96. The molecule has 174 valence electrons. The summed E-state index contributed by atoms with van der Waals surface area (Å²) in [6.45, 7) is 1.28. The molecule has 8 nitrogen and oxygen atoms in total. The molecule has 3 rings (SSSR count). The van der Waals surface area contributed by atoms with Gasteiger partial charge in [0.1, 0.15) is 24.0 Å². The highest BCUT2D eigenvalue weighted by molar-refractivity contribution is 7.89. The lowest BCUT2D eigenvalue weighted by Crippen LogP contribution is -2.33. The Bertz CT molecular complexity index is 1230. The Morgan fingerprint density at radius 3 is 2.45 bits per heavy atom. The van der Waals surface area contributed by atoms with E-state index in [9.17, 15) is 22.4 Å². The van der Waals surface area contributed by atoms with Gasteiger partial charge in [0.25, 0.3) is 0 Å². The molecule has 0 fully saturated rings.